The zero-order valence-corrected chi connectivity index (χ0v) is 16.7. The van der Waals surface area contributed by atoms with Crippen LogP contribution in [0.5, 0.6) is 0 Å². The first-order valence-corrected chi connectivity index (χ1v) is 10.1. The van der Waals surface area contributed by atoms with Gasteiger partial charge < -0.3 is 15.7 Å². The molecule has 1 fully saturated rings. The Balaban J connectivity index is 1.83. The summed E-state index contributed by atoms with van der Waals surface area (Å²) < 4.78 is 0.709. The number of aliphatic hydroxyl groups is 1. The highest BCUT2D eigenvalue weighted by atomic mass is 79.9. The van der Waals surface area contributed by atoms with E-state index >= 15 is 0 Å². The van der Waals surface area contributed by atoms with E-state index in [0.29, 0.717) is 33.7 Å². The third-order valence-corrected chi connectivity index (χ3v) is 6.11. The molecule has 3 N–H and O–H groups in total. The number of nitriles is 1. The summed E-state index contributed by atoms with van der Waals surface area (Å²) in [7, 11) is 0. The third-order valence-electron chi connectivity index (χ3n) is 4.49. The molecule has 0 amide bonds. The summed E-state index contributed by atoms with van der Waals surface area (Å²) in [6.45, 7) is 1.32. The van der Waals surface area contributed by atoms with Crippen LogP contribution in [0.1, 0.15) is 12.0 Å². The van der Waals surface area contributed by atoms with E-state index in [0.717, 1.165) is 29.2 Å². The van der Waals surface area contributed by atoms with E-state index in [-0.39, 0.29) is 6.10 Å². The molecule has 1 atom stereocenters. The topological polar surface area (TPSA) is 99.1 Å². The maximum absolute atomic E-state index is 9.84. The van der Waals surface area contributed by atoms with E-state index in [1.165, 1.54) is 11.3 Å². The molecule has 1 aliphatic heterocycles. The minimum absolute atomic E-state index is 0.336. The van der Waals surface area contributed by atoms with Crippen LogP contribution in [0.2, 0.25) is 0 Å². The second-order valence-electron chi connectivity index (χ2n) is 6.37. The molecule has 0 spiro atoms. The fourth-order valence-corrected chi connectivity index (χ4v) is 4.32. The quantitative estimate of drug-likeness (QED) is 0.643. The van der Waals surface area contributed by atoms with Gasteiger partial charge in [-0.05, 0) is 46.6 Å². The van der Waals surface area contributed by atoms with Crippen LogP contribution in [0.25, 0.3) is 22.0 Å². The van der Waals surface area contributed by atoms with Crippen molar-refractivity contribution < 1.29 is 5.11 Å². The number of nitrogens with two attached hydrogens (primary N) is 1. The lowest BCUT2D eigenvalue weighted by molar-refractivity contribution is 0.198. The molecule has 8 heteroatoms. The number of benzene rings is 1. The van der Waals surface area contributed by atoms with Crippen LogP contribution in [0.4, 0.5) is 11.4 Å². The van der Waals surface area contributed by atoms with Crippen LogP contribution >= 0.6 is 27.3 Å². The smallest absolute Gasteiger partial charge is 0.143 e. The van der Waals surface area contributed by atoms with Gasteiger partial charge in [-0.1, -0.05) is 0 Å². The molecule has 136 valence electrons. The largest absolute Gasteiger partial charge is 0.398 e. The Kier molecular flexibility index (Phi) is 4.83. The Bertz CT molecular complexity index is 1030. The predicted octanol–water partition coefficient (Wildman–Crippen LogP) is 3.66. The van der Waals surface area contributed by atoms with Crippen LogP contribution < -0.4 is 10.6 Å². The normalized spacial score (nSPS) is 16.5. The van der Waals surface area contributed by atoms with Crippen LogP contribution in [0, 0.1) is 11.3 Å². The number of nitrogens with zero attached hydrogens (tertiary/aromatic N) is 4. The molecule has 1 aliphatic rings. The second-order valence-corrected chi connectivity index (χ2v) is 8.05. The van der Waals surface area contributed by atoms with Gasteiger partial charge in [-0.15, -0.1) is 11.3 Å². The van der Waals surface area contributed by atoms with Crippen molar-refractivity contribution in [1.29, 1.82) is 5.26 Å². The number of halogens is 1. The molecular weight excluding hydrogens is 426 g/mol. The number of hydrogen-bond acceptors (Lipinski definition) is 7. The Morgan fingerprint density at radius 3 is 2.85 bits per heavy atom. The van der Waals surface area contributed by atoms with Crippen molar-refractivity contribution >= 4 is 38.6 Å². The standard InChI is InChI=1S/C19H16BrN5OS/c20-17-15(22)8-16(24-18(17)19-23-2-4-27-19)12-5-11(9-21)6-13(7-12)25-3-1-14(26)10-25/h2,4-8,14,26H,1,3,10H2,(H2,22,24)/t14-/m1/s1. The first-order chi connectivity index (χ1) is 13.0. The molecule has 3 aromatic rings. The summed E-state index contributed by atoms with van der Waals surface area (Å²) in [5.74, 6) is 0. The van der Waals surface area contributed by atoms with E-state index in [2.05, 4.69) is 31.9 Å². The molecule has 0 bridgehead atoms. The van der Waals surface area contributed by atoms with Crippen LogP contribution in [-0.2, 0) is 0 Å². The Labute approximate surface area is 169 Å². The number of aromatic nitrogens is 2. The molecule has 1 aromatic carbocycles. The second kappa shape index (κ2) is 7.27. The van der Waals surface area contributed by atoms with Gasteiger partial charge >= 0.3 is 0 Å². The molecule has 0 saturated carbocycles. The van der Waals surface area contributed by atoms with Crippen molar-refractivity contribution in [3.05, 3.63) is 45.9 Å². The van der Waals surface area contributed by atoms with Gasteiger partial charge in [-0.2, -0.15) is 5.26 Å². The first kappa shape index (κ1) is 17.9. The summed E-state index contributed by atoms with van der Waals surface area (Å²) in [6.07, 6.45) is 2.12. The summed E-state index contributed by atoms with van der Waals surface area (Å²) in [5.41, 5.74) is 10.4. The zero-order chi connectivity index (χ0) is 19.0. The molecule has 0 unspecified atom stereocenters. The molecule has 6 nitrogen and oxygen atoms in total. The molecule has 3 heterocycles. The van der Waals surface area contributed by atoms with Gasteiger partial charge in [-0.3, -0.25) is 0 Å². The van der Waals surface area contributed by atoms with Crippen molar-refractivity contribution in [1.82, 2.24) is 9.97 Å². The minimum Gasteiger partial charge on any atom is -0.398 e. The molecule has 1 saturated heterocycles. The number of thiazole rings is 1. The summed E-state index contributed by atoms with van der Waals surface area (Å²) in [4.78, 5) is 11.2. The fourth-order valence-electron chi connectivity index (χ4n) is 3.16. The maximum Gasteiger partial charge on any atom is 0.143 e. The number of pyridine rings is 1. The Morgan fingerprint density at radius 2 is 2.19 bits per heavy atom. The highest BCUT2D eigenvalue weighted by Crippen LogP contribution is 2.36. The summed E-state index contributed by atoms with van der Waals surface area (Å²) in [6, 6.07) is 9.63. The maximum atomic E-state index is 9.84. The highest BCUT2D eigenvalue weighted by molar-refractivity contribution is 9.10. The molecule has 0 radical (unpaired) electrons. The van der Waals surface area contributed by atoms with Gasteiger partial charge in [0.05, 0.1) is 33.6 Å². The number of anilines is 2. The lowest BCUT2D eigenvalue weighted by atomic mass is 10.1. The monoisotopic (exact) mass is 441 g/mol. The summed E-state index contributed by atoms with van der Waals surface area (Å²) in [5, 5.41) is 22.0. The molecule has 4 rings (SSSR count). The molecule has 27 heavy (non-hydrogen) atoms. The number of aliphatic hydroxyl groups excluding tert-OH is 1. The Morgan fingerprint density at radius 1 is 1.33 bits per heavy atom. The van der Waals surface area contributed by atoms with Crippen molar-refractivity contribution in [2.24, 2.45) is 0 Å². The van der Waals surface area contributed by atoms with E-state index < -0.39 is 0 Å². The molecule has 0 aliphatic carbocycles. The van der Waals surface area contributed by atoms with E-state index in [9.17, 15) is 10.4 Å². The van der Waals surface area contributed by atoms with E-state index in [1.807, 2.05) is 17.5 Å². The average molecular weight is 442 g/mol. The van der Waals surface area contributed by atoms with Gasteiger partial charge in [0.1, 0.15) is 10.7 Å². The third kappa shape index (κ3) is 3.54. The van der Waals surface area contributed by atoms with Crippen LogP contribution in [-0.4, -0.2) is 34.3 Å². The van der Waals surface area contributed by atoms with Crippen molar-refractivity contribution in [3.8, 4) is 28.0 Å². The predicted molar refractivity (Wildman–Crippen MR) is 110 cm³/mol. The Hall–Kier alpha value is -2.47. The fraction of sp³-hybridized carbons (Fsp3) is 0.211. The van der Waals surface area contributed by atoms with E-state index in [4.69, 9.17) is 10.7 Å². The van der Waals surface area contributed by atoms with Crippen molar-refractivity contribution in [2.45, 2.75) is 12.5 Å². The minimum atomic E-state index is -0.336. The molecule has 2 aromatic heterocycles. The zero-order valence-electron chi connectivity index (χ0n) is 14.3. The number of nitrogen functional groups attached to an aromatic ring is 1. The van der Waals surface area contributed by atoms with Crippen molar-refractivity contribution in [2.75, 3.05) is 23.7 Å². The number of hydrogen-bond donors (Lipinski definition) is 2. The summed E-state index contributed by atoms with van der Waals surface area (Å²) >= 11 is 4.99. The van der Waals surface area contributed by atoms with Gasteiger partial charge in [0.15, 0.2) is 0 Å². The van der Waals surface area contributed by atoms with Crippen molar-refractivity contribution in [3.63, 3.8) is 0 Å². The number of rotatable bonds is 3. The van der Waals surface area contributed by atoms with Gasteiger partial charge in [-0.25, -0.2) is 9.97 Å². The lowest BCUT2D eigenvalue weighted by Crippen LogP contribution is -2.21. The van der Waals surface area contributed by atoms with Crippen LogP contribution in [0.3, 0.4) is 0 Å². The lowest BCUT2D eigenvalue weighted by Gasteiger charge is -2.19. The number of β-amino-alcohol motifs (C(OH)–C–C–N with tert-alkyl or cyclic N) is 1. The van der Waals surface area contributed by atoms with Gasteiger partial charge in [0, 0.05) is 35.9 Å². The SMILES string of the molecule is N#Cc1cc(-c2cc(N)c(Br)c(-c3nccs3)n2)cc(N2CC[C@@H](O)C2)c1. The van der Waals surface area contributed by atoms with Gasteiger partial charge in [0.25, 0.3) is 0 Å². The van der Waals surface area contributed by atoms with Gasteiger partial charge in [0.2, 0.25) is 0 Å². The highest BCUT2D eigenvalue weighted by Gasteiger charge is 2.22. The average Bonchev–Trinajstić information content (AvgIpc) is 3.35. The first-order valence-electron chi connectivity index (χ1n) is 8.39. The molecular formula is C19H16BrN5OS. The van der Waals surface area contributed by atoms with Crippen LogP contribution in [0.15, 0.2) is 40.3 Å². The van der Waals surface area contributed by atoms with E-state index in [1.54, 1.807) is 18.3 Å².